The Kier molecular flexibility index (Phi) is 5.24. The number of fused-ring (bicyclic) bond motifs is 1. The number of nitrogens with two attached hydrogens (primary N) is 2. The van der Waals surface area contributed by atoms with Crippen molar-refractivity contribution in [3.63, 3.8) is 0 Å². The van der Waals surface area contributed by atoms with Gasteiger partial charge >= 0.3 is 0 Å². The highest BCUT2D eigenvalue weighted by Crippen LogP contribution is 2.29. The van der Waals surface area contributed by atoms with Crippen LogP contribution in [0, 0.1) is 17.3 Å². The van der Waals surface area contributed by atoms with Crippen LogP contribution < -0.4 is 11.5 Å². The van der Waals surface area contributed by atoms with Crippen LogP contribution in [0.3, 0.4) is 0 Å². The molecule has 0 atom stereocenters. The quantitative estimate of drug-likeness (QED) is 0.475. The summed E-state index contributed by atoms with van der Waals surface area (Å²) in [6.07, 6.45) is 7.12. The van der Waals surface area contributed by atoms with Crippen LogP contribution in [0.4, 0.5) is 0 Å². The fraction of sp³-hybridized carbons (Fsp3) is 0.167. The first kappa shape index (κ1) is 20.9. The monoisotopic (exact) mass is 426 g/mol. The van der Waals surface area contributed by atoms with Crippen molar-refractivity contribution in [1.29, 1.82) is 0 Å². The van der Waals surface area contributed by atoms with Gasteiger partial charge in [0.15, 0.2) is 0 Å². The average Bonchev–Trinajstić information content (AvgIpc) is 3.39. The maximum Gasteiger partial charge on any atom is 0.239 e. The summed E-state index contributed by atoms with van der Waals surface area (Å²) in [5.74, 6) is 5.16. The topological polar surface area (TPSA) is 121 Å². The van der Waals surface area contributed by atoms with Gasteiger partial charge in [-0.2, -0.15) is 10.2 Å². The second-order valence-electron chi connectivity index (χ2n) is 7.98. The van der Waals surface area contributed by atoms with E-state index in [0.717, 1.165) is 33.3 Å². The Bertz CT molecular complexity index is 1380. The minimum atomic E-state index is -0.937. The predicted octanol–water partition coefficient (Wildman–Crippen LogP) is 2.21. The molecule has 0 aliphatic rings. The number of benzene rings is 1. The molecular weight excluding hydrogens is 404 g/mol. The smallest absolute Gasteiger partial charge is 0.239 e. The molecule has 4 N–H and O–H groups in total. The van der Waals surface area contributed by atoms with E-state index < -0.39 is 17.2 Å². The van der Waals surface area contributed by atoms with Gasteiger partial charge in [0.25, 0.3) is 0 Å². The van der Waals surface area contributed by atoms with E-state index in [1.165, 1.54) is 4.68 Å². The van der Waals surface area contributed by atoms with Crippen molar-refractivity contribution < 1.29 is 9.59 Å². The minimum absolute atomic E-state index is 0.0385. The van der Waals surface area contributed by atoms with Gasteiger partial charge in [-0.15, -0.1) is 0 Å². The Morgan fingerprint density at radius 1 is 1.00 bits per heavy atom. The zero-order valence-electron chi connectivity index (χ0n) is 17.7. The highest BCUT2D eigenvalue weighted by Gasteiger charge is 2.21. The zero-order valence-corrected chi connectivity index (χ0v) is 17.7. The molecule has 4 aromatic rings. The molecule has 0 aliphatic carbocycles. The molecule has 0 saturated carbocycles. The van der Waals surface area contributed by atoms with Gasteiger partial charge < -0.3 is 11.5 Å². The molecule has 3 heterocycles. The lowest BCUT2D eigenvalue weighted by atomic mass is 9.93. The molecule has 0 fully saturated rings. The van der Waals surface area contributed by atoms with Gasteiger partial charge in [-0.25, -0.2) is 4.52 Å². The molecular formula is C24H22N6O2. The third-order valence-electron chi connectivity index (χ3n) is 5.15. The van der Waals surface area contributed by atoms with Gasteiger partial charge in [0.2, 0.25) is 11.8 Å². The third-order valence-corrected chi connectivity index (χ3v) is 5.15. The molecule has 0 radical (unpaired) electrons. The Morgan fingerprint density at radius 3 is 2.41 bits per heavy atom. The molecule has 160 valence electrons. The first-order chi connectivity index (χ1) is 15.2. The lowest BCUT2D eigenvalue weighted by molar-refractivity contribution is -0.123. The molecule has 2 amide bonds. The van der Waals surface area contributed by atoms with Crippen LogP contribution in [0.1, 0.15) is 19.4 Å². The molecule has 4 rings (SSSR count). The van der Waals surface area contributed by atoms with Crippen LogP contribution >= 0.6 is 0 Å². The number of pyridine rings is 1. The Hall–Kier alpha value is -4.38. The fourth-order valence-electron chi connectivity index (χ4n) is 3.24. The summed E-state index contributed by atoms with van der Waals surface area (Å²) in [6, 6.07) is 11.7. The van der Waals surface area contributed by atoms with Crippen molar-refractivity contribution in [2.75, 3.05) is 0 Å². The van der Waals surface area contributed by atoms with E-state index >= 15 is 0 Å². The maximum absolute atomic E-state index is 11.6. The summed E-state index contributed by atoms with van der Waals surface area (Å²) >= 11 is 0. The van der Waals surface area contributed by atoms with Crippen LogP contribution in [0.5, 0.6) is 0 Å². The number of carbonyl (C=O) groups excluding carboxylic acids is 2. The van der Waals surface area contributed by atoms with Gasteiger partial charge in [0.1, 0.15) is 12.0 Å². The largest absolute Gasteiger partial charge is 0.368 e. The first-order valence-corrected chi connectivity index (χ1v) is 9.95. The summed E-state index contributed by atoms with van der Waals surface area (Å²) in [5, 5.41) is 8.61. The molecule has 3 aromatic heterocycles. The minimum Gasteiger partial charge on any atom is -0.368 e. The highest BCUT2D eigenvalue weighted by molar-refractivity contribution is 5.87. The zero-order chi connectivity index (χ0) is 22.9. The van der Waals surface area contributed by atoms with Crippen LogP contribution in [-0.2, 0) is 16.1 Å². The van der Waals surface area contributed by atoms with Gasteiger partial charge in [-0.3, -0.25) is 14.3 Å². The number of rotatable bonds is 5. The van der Waals surface area contributed by atoms with Crippen LogP contribution in [0.15, 0.2) is 61.2 Å². The Labute approximate surface area is 184 Å². The van der Waals surface area contributed by atoms with Gasteiger partial charge in [-0.1, -0.05) is 36.1 Å². The van der Waals surface area contributed by atoms with Crippen LogP contribution in [0.25, 0.3) is 27.8 Å². The number of aromatic nitrogens is 4. The van der Waals surface area contributed by atoms with Crippen molar-refractivity contribution in [2.45, 2.75) is 20.4 Å². The van der Waals surface area contributed by atoms with Crippen molar-refractivity contribution in [2.24, 2.45) is 16.9 Å². The lowest BCUT2D eigenvalue weighted by Gasteiger charge is -2.11. The van der Waals surface area contributed by atoms with Gasteiger partial charge in [-0.05, 0) is 37.1 Å². The molecule has 0 spiro atoms. The summed E-state index contributed by atoms with van der Waals surface area (Å²) in [4.78, 5) is 22.7. The van der Waals surface area contributed by atoms with E-state index in [1.807, 2.05) is 42.6 Å². The number of carbonyl (C=O) groups is 2. The fourth-order valence-corrected chi connectivity index (χ4v) is 3.24. The van der Waals surface area contributed by atoms with E-state index in [9.17, 15) is 9.59 Å². The lowest BCUT2D eigenvalue weighted by Crippen LogP contribution is -2.29. The molecule has 32 heavy (non-hydrogen) atoms. The molecule has 8 heteroatoms. The van der Waals surface area contributed by atoms with Crippen LogP contribution in [0.2, 0.25) is 0 Å². The van der Waals surface area contributed by atoms with Crippen LogP contribution in [-0.4, -0.2) is 31.2 Å². The molecule has 0 saturated heterocycles. The van der Waals surface area contributed by atoms with Crippen molar-refractivity contribution in [3.05, 3.63) is 66.7 Å². The number of hydrogen-bond donors (Lipinski definition) is 2. The normalized spacial score (nSPS) is 11.2. The number of hydrogen-bond acceptors (Lipinski definition) is 4. The average molecular weight is 426 g/mol. The van der Waals surface area contributed by atoms with Gasteiger partial charge in [0.05, 0.1) is 23.5 Å². The van der Waals surface area contributed by atoms with Crippen molar-refractivity contribution in [3.8, 4) is 34.1 Å². The Morgan fingerprint density at radius 2 is 1.72 bits per heavy atom. The Balaban J connectivity index is 1.70. The standard InChI is InChI=1S/C24H22N6O2/c1-24(2,23(26)32)10-9-18-4-3-11-30-22(18)20(13-28-30)17-7-5-16(6-8-17)19-12-27-29(14-19)15-21(25)31/h3-8,11-14H,15H2,1-2H3,(H2,25,31)(H2,26,32). The first-order valence-electron chi connectivity index (χ1n) is 9.95. The van der Waals surface area contributed by atoms with Crippen molar-refractivity contribution in [1.82, 2.24) is 19.4 Å². The third kappa shape index (κ3) is 4.09. The SMILES string of the molecule is CC(C)(C#Cc1cccn2ncc(-c3ccc(-c4cnn(CC(N)=O)c4)cc3)c12)C(N)=O. The van der Waals surface area contributed by atoms with E-state index in [1.54, 1.807) is 37.0 Å². The van der Waals surface area contributed by atoms with E-state index in [4.69, 9.17) is 11.5 Å². The summed E-state index contributed by atoms with van der Waals surface area (Å²) < 4.78 is 3.27. The number of nitrogens with zero attached hydrogens (tertiary/aromatic N) is 4. The predicted molar refractivity (Wildman–Crippen MR) is 121 cm³/mol. The molecule has 1 aromatic carbocycles. The van der Waals surface area contributed by atoms with E-state index in [0.29, 0.717) is 0 Å². The van der Waals surface area contributed by atoms with Gasteiger partial charge in [0, 0.05) is 23.5 Å². The molecule has 0 bridgehead atoms. The summed E-state index contributed by atoms with van der Waals surface area (Å²) in [6.45, 7) is 3.44. The number of amides is 2. The maximum atomic E-state index is 11.6. The van der Waals surface area contributed by atoms with E-state index in [2.05, 4.69) is 22.0 Å². The summed E-state index contributed by atoms with van der Waals surface area (Å²) in [5.41, 5.74) is 15.1. The second-order valence-corrected chi connectivity index (χ2v) is 7.98. The van der Waals surface area contributed by atoms with Crippen molar-refractivity contribution >= 4 is 17.3 Å². The molecule has 0 unspecified atom stereocenters. The molecule has 8 nitrogen and oxygen atoms in total. The summed E-state index contributed by atoms with van der Waals surface area (Å²) in [7, 11) is 0. The highest BCUT2D eigenvalue weighted by atomic mass is 16.1. The van der Waals surface area contributed by atoms with E-state index in [-0.39, 0.29) is 6.54 Å². The second kappa shape index (κ2) is 8.04. The molecule has 0 aliphatic heterocycles. The number of primary amides is 2.